The Kier molecular flexibility index (Phi) is 10.2. The van der Waals surface area contributed by atoms with Crippen molar-refractivity contribution < 1.29 is 0 Å². The molecule has 14 aromatic rings. The van der Waals surface area contributed by atoms with E-state index in [9.17, 15) is 0 Å². The second-order valence-corrected chi connectivity index (χ2v) is 24.1. The van der Waals surface area contributed by atoms with E-state index in [4.69, 9.17) is 0 Å². The van der Waals surface area contributed by atoms with Gasteiger partial charge in [0.2, 0.25) is 0 Å². The maximum absolute atomic E-state index is 2.72. The number of rotatable bonds is 9. The highest BCUT2D eigenvalue weighted by atomic mass is 28.3. The molecule has 1 aliphatic carbocycles. The maximum Gasteiger partial charge on any atom is 0.179 e. The van der Waals surface area contributed by atoms with Crippen LogP contribution in [0.5, 0.6) is 0 Å². The highest BCUT2D eigenvalue weighted by Gasteiger charge is 2.47. The van der Waals surface area contributed by atoms with Crippen LogP contribution in [0.15, 0.2) is 303 Å². The van der Waals surface area contributed by atoms with Crippen LogP contribution in [-0.4, -0.2) is 17.2 Å². The Hall–Kier alpha value is -9.54. The molecule has 0 N–H and O–H groups in total. The maximum atomic E-state index is 2.54. The topological polar surface area (TPSA) is 9.86 Å². The van der Waals surface area contributed by atoms with E-state index < -0.39 is 13.5 Å². The highest BCUT2D eigenvalue weighted by molar-refractivity contribution is 7.19. The fraction of sp³-hybridized carbons (Fsp3) is 0.0137. The Balaban J connectivity index is 0.947. The fourth-order valence-electron chi connectivity index (χ4n) is 13.5. The Labute approximate surface area is 443 Å². The van der Waals surface area contributed by atoms with E-state index in [2.05, 4.69) is 312 Å². The lowest BCUT2D eigenvalue weighted by Gasteiger charge is -2.35. The number of hydrogen-bond donors (Lipinski definition) is 0. The van der Waals surface area contributed by atoms with Crippen LogP contribution >= 0.6 is 0 Å². The van der Waals surface area contributed by atoms with E-state index in [0.717, 1.165) is 11.4 Å². The van der Waals surface area contributed by atoms with Gasteiger partial charge in [-0.2, -0.15) is 0 Å². The standard InChI is InChI=1S/C73H50N2Si/c1-6-24-52(25-7-1)73(53-26-8-2-9-27-53)65-39-19-16-34-60(65)63-38-22-37-59(72(63)73)51-44-49-62-61-35-17-20-40-66(61)75(70(62)50-51)69-43-23-42-68-71(69)64-36-18-21-41-67(64)74(68)54-45-47-58(48-46-54)76(55-28-10-3-11-29-55,56-30-12-4-13-31-56)57-32-14-5-15-33-57/h1-50H. The minimum atomic E-state index is -2.72. The van der Waals surface area contributed by atoms with E-state index >= 15 is 0 Å². The Morgan fingerprint density at radius 3 is 1.38 bits per heavy atom. The number of nitrogens with zero attached hydrogens (tertiary/aromatic N) is 2. The molecular formula is C73H50N2Si. The highest BCUT2D eigenvalue weighted by Crippen LogP contribution is 2.59. The van der Waals surface area contributed by atoms with Crippen LogP contribution in [0.1, 0.15) is 22.3 Å². The molecule has 15 rings (SSSR count). The van der Waals surface area contributed by atoms with Crippen molar-refractivity contribution in [3.63, 3.8) is 0 Å². The van der Waals surface area contributed by atoms with Crippen molar-refractivity contribution in [3.05, 3.63) is 326 Å². The minimum Gasteiger partial charge on any atom is -0.309 e. The van der Waals surface area contributed by atoms with Gasteiger partial charge in [0.1, 0.15) is 0 Å². The molecule has 2 nitrogen and oxygen atoms in total. The third-order valence-corrected chi connectivity index (χ3v) is 21.4. The lowest BCUT2D eigenvalue weighted by Crippen LogP contribution is -2.74. The SMILES string of the molecule is c1ccc(C2(c3ccccc3)c3ccccc3-c3cccc(-c4ccc5c6ccccc6n(-c6cccc7c6c6ccccc6n7-c6ccc([Si](c7ccccc7)(c7ccccc7)c7ccccc7)cc6)c5c4)c32)cc1. The zero-order valence-electron chi connectivity index (χ0n) is 41.8. The van der Waals surface area contributed by atoms with Gasteiger partial charge in [0.05, 0.1) is 33.2 Å². The Bertz CT molecular complexity index is 4350. The summed E-state index contributed by atoms with van der Waals surface area (Å²) in [5.74, 6) is 0. The smallest absolute Gasteiger partial charge is 0.179 e. The van der Waals surface area contributed by atoms with Crippen molar-refractivity contribution in [3.8, 4) is 33.6 Å². The summed E-state index contributed by atoms with van der Waals surface area (Å²) in [6.07, 6.45) is 0. The monoisotopic (exact) mass is 982 g/mol. The van der Waals surface area contributed by atoms with Crippen molar-refractivity contribution >= 4 is 72.4 Å². The first kappa shape index (κ1) is 44.0. The summed E-state index contributed by atoms with van der Waals surface area (Å²) >= 11 is 0. The molecule has 0 bridgehead atoms. The summed E-state index contributed by atoms with van der Waals surface area (Å²) < 4.78 is 5.02. The number of benzene rings is 12. The molecule has 0 saturated heterocycles. The van der Waals surface area contributed by atoms with Crippen LogP contribution in [-0.2, 0) is 5.41 Å². The molecule has 1 aliphatic rings. The number of para-hydroxylation sites is 2. The summed E-state index contributed by atoms with van der Waals surface area (Å²) in [5.41, 5.74) is 16.6. The van der Waals surface area contributed by atoms with Crippen molar-refractivity contribution in [1.29, 1.82) is 0 Å². The average Bonchev–Trinajstić information content (AvgIpc) is 4.33. The van der Waals surface area contributed by atoms with Crippen LogP contribution in [0.2, 0.25) is 0 Å². The molecule has 0 saturated carbocycles. The predicted molar refractivity (Wildman–Crippen MR) is 321 cm³/mol. The first-order valence-corrected chi connectivity index (χ1v) is 28.4. The lowest BCUT2D eigenvalue weighted by atomic mass is 9.66. The zero-order valence-corrected chi connectivity index (χ0v) is 42.8. The normalized spacial score (nSPS) is 12.8. The molecular weight excluding hydrogens is 933 g/mol. The van der Waals surface area contributed by atoms with Gasteiger partial charge < -0.3 is 9.13 Å². The Morgan fingerprint density at radius 1 is 0.289 bits per heavy atom. The molecule has 0 fully saturated rings. The molecule has 3 heteroatoms. The summed E-state index contributed by atoms with van der Waals surface area (Å²) in [6.45, 7) is 0. The first-order valence-electron chi connectivity index (χ1n) is 26.4. The van der Waals surface area contributed by atoms with Crippen LogP contribution in [0.3, 0.4) is 0 Å². The third-order valence-electron chi connectivity index (χ3n) is 16.6. The molecule has 0 radical (unpaired) electrons. The van der Waals surface area contributed by atoms with Gasteiger partial charge in [-0.15, -0.1) is 0 Å². The molecule has 2 aromatic heterocycles. The van der Waals surface area contributed by atoms with Gasteiger partial charge in [0.25, 0.3) is 0 Å². The predicted octanol–water partition coefficient (Wildman–Crippen LogP) is 15.3. The molecule has 12 aromatic carbocycles. The number of fused-ring (bicyclic) bond motifs is 9. The first-order chi connectivity index (χ1) is 37.7. The van der Waals surface area contributed by atoms with E-state index in [1.165, 1.54) is 109 Å². The van der Waals surface area contributed by atoms with Crippen molar-refractivity contribution in [2.75, 3.05) is 0 Å². The third kappa shape index (κ3) is 6.33. The lowest BCUT2D eigenvalue weighted by molar-refractivity contribution is 0.770. The van der Waals surface area contributed by atoms with Crippen molar-refractivity contribution in [1.82, 2.24) is 9.13 Å². The van der Waals surface area contributed by atoms with Crippen LogP contribution in [0.25, 0.3) is 77.2 Å². The van der Waals surface area contributed by atoms with Crippen LogP contribution in [0, 0.1) is 0 Å². The quantitative estimate of drug-likeness (QED) is 0.101. The van der Waals surface area contributed by atoms with Gasteiger partial charge in [-0.25, -0.2) is 0 Å². The summed E-state index contributed by atoms with van der Waals surface area (Å²) in [5, 5.41) is 10.3. The van der Waals surface area contributed by atoms with E-state index in [0.29, 0.717) is 0 Å². The Morgan fingerprint density at radius 2 is 0.750 bits per heavy atom. The minimum absolute atomic E-state index is 0.535. The van der Waals surface area contributed by atoms with E-state index in [1.54, 1.807) is 0 Å². The summed E-state index contributed by atoms with van der Waals surface area (Å²) in [4.78, 5) is 0. The van der Waals surface area contributed by atoms with E-state index in [1.807, 2.05) is 0 Å². The summed E-state index contributed by atoms with van der Waals surface area (Å²) in [6, 6.07) is 113. The average molecular weight is 983 g/mol. The van der Waals surface area contributed by atoms with Gasteiger partial charge in [0, 0.05) is 27.2 Å². The molecule has 76 heavy (non-hydrogen) atoms. The molecule has 0 atom stereocenters. The molecule has 0 aliphatic heterocycles. The largest absolute Gasteiger partial charge is 0.309 e. The number of hydrogen-bond acceptors (Lipinski definition) is 0. The van der Waals surface area contributed by atoms with Crippen LogP contribution < -0.4 is 20.7 Å². The van der Waals surface area contributed by atoms with Gasteiger partial charge in [-0.3, -0.25) is 0 Å². The van der Waals surface area contributed by atoms with E-state index in [-0.39, 0.29) is 0 Å². The zero-order chi connectivity index (χ0) is 50.2. The molecule has 0 spiro atoms. The van der Waals surface area contributed by atoms with Crippen molar-refractivity contribution in [2.45, 2.75) is 5.41 Å². The second-order valence-electron chi connectivity index (χ2n) is 20.3. The molecule has 2 heterocycles. The summed E-state index contributed by atoms with van der Waals surface area (Å²) in [7, 11) is -2.72. The van der Waals surface area contributed by atoms with Crippen molar-refractivity contribution in [2.24, 2.45) is 0 Å². The van der Waals surface area contributed by atoms with Crippen LogP contribution in [0.4, 0.5) is 0 Å². The molecule has 356 valence electrons. The fourth-order valence-corrected chi connectivity index (χ4v) is 18.3. The van der Waals surface area contributed by atoms with Gasteiger partial charge in [-0.05, 0) is 108 Å². The van der Waals surface area contributed by atoms with Gasteiger partial charge in [0.15, 0.2) is 8.07 Å². The molecule has 0 amide bonds. The second kappa shape index (κ2) is 17.6. The number of aromatic nitrogens is 2. The van der Waals surface area contributed by atoms with Gasteiger partial charge in [-0.1, -0.05) is 261 Å². The van der Waals surface area contributed by atoms with Gasteiger partial charge >= 0.3 is 0 Å². The molecule has 0 unspecified atom stereocenters.